The molecule has 0 saturated heterocycles. The second-order valence-corrected chi connectivity index (χ2v) is 4.19. The van der Waals surface area contributed by atoms with Crippen molar-refractivity contribution in [1.82, 2.24) is 14.9 Å². The highest BCUT2D eigenvalue weighted by Gasteiger charge is 2.14. The number of aromatic nitrogens is 2. The predicted molar refractivity (Wildman–Crippen MR) is 61.1 cm³/mol. The van der Waals surface area contributed by atoms with Crippen molar-refractivity contribution in [2.45, 2.75) is 26.7 Å². The van der Waals surface area contributed by atoms with Gasteiger partial charge in [0.15, 0.2) is 0 Å². The van der Waals surface area contributed by atoms with Crippen molar-refractivity contribution < 1.29 is 4.79 Å². The molecule has 0 atom stereocenters. The van der Waals surface area contributed by atoms with Gasteiger partial charge in [0.05, 0.1) is 5.69 Å². The van der Waals surface area contributed by atoms with E-state index in [0.717, 1.165) is 35.6 Å². The molecule has 15 heavy (non-hydrogen) atoms. The van der Waals surface area contributed by atoms with Crippen molar-refractivity contribution in [2.24, 2.45) is 0 Å². The van der Waals surface area contributed by atoms with Crippen LogP contribution in [0.3, 0.4) is 0 Å². The van der Waals surface area contributed by atoms with Gasteiger partial charge in [-0.25, -0.2) is 0 Å². The highest BCUT2D eigenvalue weighted by atomic mass is 32.1. The van der Waals surface area contributed by atoms with Gasteiger partial charge in [-0.15, -0.1) is 5.10 Å². The molecule has 0 aliphatic rings. The molecule has 0 spiro atoms. The lowest BCUT2D eigenvalue weighted by Gasteiger charge is -2.03. The Morgan fingerprint density at radius 2 is 2.33 bits per heavy atom. The maximum atomic E-state index is 11.7. The average molecular weight is 225 g/mol. The van der Waals surface area contributed by atoms with Gasteiger partial charge < -0.3 is 5.32 Å². The van der Waals surface area contributed by atoms with Crippen molar-refractivity contribution in [1.29, 1.82) is 0 Å². The van der Waals surface area contributed by atoms with E-state index in [2.05, 4.69) is 28.4 Å². The van der Waals surface area contributed by atoms with E-state index in [1.807, 2.05) is 6.92 Å². The lowest BCUT2D eigenvalue weighted by molar-refractivity contribution is 0.0960. The molecule has 0 fully saturated rings. The molecular weight excluding hydrogens is 210 g/mol. The first kappa shape index (κ1) is 11.8. The summed E-state index contributed by atoms with van der Waals surface area (Å²) in [6, 6.07) is 0. The summed E-state index contributed by atoms with van der Waals surface area (Å²) in [6.07, 6.45) is 1.76. The number of aryl methyl sites for hydroxylation is 1. The summed E-state index contributed by atoms with van der Waals surface area (Å²) in [5.41, 5.74) is 1.72. The molecule has 1 aromatic heterocycles. The predicted octanol–water partition coefficient (Wildman–Crippen LogP) is 1.80. The number of rotatable bonds is 5. The summed E-state index contributed by atoms with van der Waals surface area (Å²) in [6.45, 7) is 8.15. The van der Waals surface area contributed by atoms with Crippen molar-refractivity contribution in [3.8, 4) is 0 Å². The second kappa shape index (κ2) is 5.60. The zero-order valence-electron chi connectivity index (χ0n) is 9.04. The maximum absolute atomic E-state index is 11.7. The van der Waals surface area contributed by atoms with E-state index in [9.17, 15) is 4.79 Å². The largest absolute Gasteiger partial charge is 0.348 e. The molecule has 1 rings (SSSR count). The Morgan fingerprint density at radius 1 is 1.60 bits per heavy atom. The molecule has 0 unspecified atom stereocenters. The third kappa shape index (κ3) is 3.43. The summed E-state index contributed by atoms with van der Waals surface area (Å²) < 4.78 is 3.80. The Bertz CT molecular complexity index is 359. The lowest BCUT2D eigenvalue weighted by Crippen LogP contribution is -2.24. The van der Waals surface area contributed by atoms with Crippen LogP contribution < -0.4 is 5.32 Å². The second-order valence-electron chi connectivity index (χ2n) is 3.44. The van der Waals surface area contributed by atoms with Crippen LogP contribution in [0.5, 0.6) is 0 Å². The van der Waals surface area contributed by atoms with Crippen LogP contribution >= 0.6 is 11.5 Å². The molecular formula is C10H15N3OS. The molecule has 0 aromatic carbocycles. The first-order valence-electron chi connectivity index (χ1n) is 4.89. The summed E-state index contributed by atoms with van der Waals surface area (Å²) >= 11 is 1.15. The third-order valence-electron chi connectivity index (χ3n) is 1.80. The summed E-state index contributed by atoms with van der Waals surface area (Å²) in [4.78, 5) is 12.3. The molecule has 0 saturated carbocycles. The van der Waals surface area contributed by atoms with E-state index in [4.69, 9.17) is 0 Å². The maximum Gasteiger partial charge on any atom is 0.265 e. The van der Waals surface area contributed by atoms with Gasteiger partial charge in [-0.1, -0.05) is 30.0 Å². The highest BCUT2D eigenvalue weighted by Crippen LogP contribution is 2.12. The molecule has 82 valence electrons. The minimum absolute atomic E-state index is 0.101. The van der Waals surface area contributed by atoms with E-state index in [1.54, 1.807) is 0 Å². The van der Waals surface area contributed by atoms with Gasteiger partial charge in [0, 0.05) is 6.54 Å². The van der Waals surface area contributed by atoms with Crippen LogP contribution in [0.15, 0.2) is 12.2 Å². The molecule has 0 aliphatic carbocycles. The molecule has 0 radical (unpaired) electrons. The van der Waals surface area contributed by atoms with Crippen molar-refractivity contribution in [2.75, 3.05) is 6.54 Å². The van der Waals surface area contributed by atoms with Crippen LogP contribution in [0.25, 0.3) is 0 Å². The molecule has 4 nitrogen and oxygen atoms in total. The fraction of sp³-hybridized carbons (Fsp3) is 0.500. The number of nitrogens with one attached hydrogen (secondary N) is 1. The fourth-order valence-electron chi connectivity index (χ4n) is 1.09. The van der Waals surface area contributed by atoms with Crippen LogP contribution in [-0.4, -0.2) is 22.0 Å². The Hall–Kier alpha value is -1.23. The quantitative estimate of drug-likeness (QED) is 0.777. The van der Waals surface area contributed by atoms with Crippen LogP contribution in [0, 0.1) is 0 Å². The van der Waals surface area contributed by atoms with Gasteiger partial charge in [0.2, 0.25) is 0 Å². The Kier molecular flexibility index (Phi) is 4.42. The first-order valence-corrected chi connectivity index (χ1v) is 5.66. The van der Waals surface area contributed by atoms with Gasteiger partial charge in [-0.05, 0) is 24.9 Å². The van der Waals surface area contributed by atoms with E-state index in [1.165, 1.54) is 0 Å². The van der Waals surface area contributed by atoms with Crippen LogP contribution in [-0.2, 0) is 6.42 Å². The van der Waals surface area contributed by atoms with Crippen molar-refractivity contribution in [3.05, 3.63) is 22.7 Å². The van der Waals surface area contributed by atoms with Gasteiger partial charge in [-0.2, -0.15) is 0 Å². The number of carbonyl (C=O) groups is 1. The van der Waals surface area contributed by atoms with Gasteiger partial charge in [0.25, 0.3) is 5.91 Å². The zero-order chi connectivity index (χ0) is 11.3. The van der Waals surface area contributed by atoms with Crippen LogP contribution in [0.4, 0.5) is 0 Å². The standard InChI is InChI=1S/C10H15N3OS/c1-4-5-8-9(15-13-12-8)10(14)11-6-7(2)3/h2,4-6H2,1,3H3,(H,11,14). The summed E-state index contributed by atoms with van der Waals surface area (Å²) in [5.74, 6) is -0.101. The number of carbonyl (C=O) groups excluding carboxylic acids is 1. The number of hydrogen-bond donors (Lipinski definition) is 1. The Morgan fingerprint density at radius 3 is 2.93 bits per heavy atom. The van der Waals surface area contributed by atoms with Crippen molar-refractivity contribution in [3.63, 3.8) is 0 Å². The van der Waals surface area contributed by atoms with Gasteiger partial charge in [0.1, 0.15) is 4.88 Å². The molecule has 1 heterocycles. The molecule has 5 heteroatoms. The molecule has 0 aliphatic heterocycles. The van der Waals surface area contributed by atoms with E-state index in [-0.39, 0.29) is 5.91 Å². The van der Waals surface area contributed by atoms with Gasteiger partial charge in [-0.3, -0.25) is 4.79 Å². The van der Waals surface area contributed by atoms with E-state index >= 15 is 0 Å². The third-order valence-corrected chi connectivity index (χ3v) is 2.57. The Labute approximate surface area is 93.6 Å². The first-order chi connectivity index (χ1) is 7.15. The molecule has 1 aromatic rings. The topological polar surface area (TPSA) is 54.9 Å². The number of amides is 1. The van der Waals surface area contributed by atoms with Crippen LogP contribution in [0.2, 0.25) is 0 Å². The minimum atomic E-state index is -0.101. The van der Waals surface area contributed by atoms with E-state index < -0.39 is 0 Å². The normalized spacial score (nSPS) is 10.0. The monoisotopic (exact) mass is 225 g/mol. The molecule has 1 N–H and O–H groups in total. The van der Waals surface area contributed by atoms with Crippen molar-refractivity contribution >= 4 is 17.4 Å². The Balaban J connectivity index is 2.64. The summed E-state index contributed by atoms with van der Waals surface area (Å²) in [7, 11) is 0. The van der Waals surface area contributed by atoms with Crippen LogP contribution in [0.1, 0.15) is 35.6 Å². The number of hydrogen-bond acceptors (Lipinski definition) is 4. The average Bonchev–Trinajstić information content (AvgIpc) is 2.63. The summed E-state index contributed by atoms with van der Waals surface area (Å²) in [5, 5.41) is 6.71. The number of nitrogens with zero attached hydrogens (tertiary/aromatic N) is 2. The zero-order valence-corrected chi connectivity index (χ0v) is 9.86. The SMILES string of the molecule is C=C(C)CNC(=O)c1snnc1CCC. The lowest BCUT2D eigenvalue weighted by atomic mass is 10.2. The highest BCUT2D eigenvalue weighted by molar-refractivity contribution is 7.08. The molecule has 1 amide bonds. The van der Waals surface area contributed by atoms with Gasteiger partial charge >= 0.3 is 0 Å². The smallest absolute Gasteiger partial charge is 0.265 e. The van der Waals surface area contributed by atoms with E-state index in [0.29, 0.717) is 11.4 Å². The molecule has 0 bridgehead atoms. The fourth-order valence-corrected chi connectivity index (χ4v) is 1.72. The minimum Gasteiger partial charge on any atom is -0.348 e.